The Kier molecular flexibility index (Phi) is 8.88. The highest BCUT2D eigenvalue weighted by Gasteiger charge is 2.38. The van der Waals surface area contributed by atoms with Crippen LogP contribution < -0.4 is 15.2 Å². The number of halogens is 3. The summed E-state index contributed by atoms with van der Waals surface area (Å²) in [5.74, 6) is -3.04. The van der Waals surface area contributed by atoms with Crippen LogP contribution in [0.2, 0.25) is 0 Å². The van der Waals surface area contributed by atoms with Crippen LogP contribution in [-0.4, -0.2) is 48.8 Å². The fourth-order valence-electron chi connectivity index (χ4n) is 3.59. The standard InChI is InChI=1S/C25H21N3O5S.C2HF3O2/c1-34(31,32)28-18-9-11-23(22(14-18)20-4-2-3-5-21(20)25(29)30)33-19-10-8-15-12-17(24(26)27)7-6-16(15)13-19;3-2(4,5)1(6)7/h2-14,28H,1H3,(H3,26,27)(H,29,30);(H,6,7). The number of rotatable bonds is 7. The van der Waals surface area contributed by atoms with Crippen LogP contribution in [0.15, 0.2) is 78.9 Å². The van der Waals surface area contributed by atoms with E-state index in [9.17, 15) is 31.5 Å². The average Bonchev–Trinajstić information content (AvgIpc) is 2.88. The third-order valence-corrected chi connectivity index (χ3v) is 5.93. The summed E-state index contributed by atoms with van der Waals surface area (Å²) in [7, 11) is -3.54. The van der Waals surface area contributed by atoms with Crippen molar-refractivity contribution in [1.29, 1.82) is 5.41 Å². The molecule has 0 atom stereocenters. The van der Waals surface area contributed by atoms with E-state index < -0.39 is 28.1 Å². The molecule has 0 fully saturated rings. The van der Waals surface area contributed by atoms with Crippen LogP contribution in [-0.2, 0) is 14.8 Å². The van der Waals surface area contributed by atoms with E-state index in [2.05, 4.69) is 4.72 Å². The van der Waals surface area contributed by atoms with Crippen molar-refractivity contribution in [3.8, 4) is 22.6 Å². The first-order chi connectivity index (χ1) is 19.0. The Morgan fingerprint density at radius 1 is 0.902 bits per heavy atom. The Morgan fingerprint density at radius 3 is 2.10 bits per heavy atom. The van der Waals surface area contributed by atoms with Gasteiger partial charge in [-0.2, -0.15) is 13.2 Å². The van der Waals surface area contributed by atoms with Crippen molar-refractivity contribution in [3.05, 3.63) is 90.0 Å². The summed E-state index contributed by atoms with van der Waals surface area (Å²) in [5, 5.41) is 26.1. The van der Waals surface area contributed by atoms with Crippen molar-refractivity contribution in [2.75, 3.05) is 11.0 Å². The number of amidine groups is 1. The highest BCUT2D eigenvalue weighted by molar-refractivity contribution is 7.92. The lowest BCUT2D eigenvalue weighted by molar-refractivity contribution is -0.192. The molecule has 4 aromatic carbocycles. The maximum atomic E-state index is 11.8. The summed E-state index contributed by atoms with van der Waals surface area (Å²) in [5.41, 5.74) is 7.31. The number of alkyl halides is 3. The first-order valence-electron chi connectivity index (χ1n) is 11.4. The maximum absolute atomic E-state index is 11.8. The molecule has 0 radical (unpaired) electrons. The van der Waals surface area contributed by atoms with E-state index in [1.54, 1.807) is 48.5 Å². The number of carboxylic acids is 2. The third-order valence-electron chi connectivity index (χ3n) is 5.32. The van der Waals surface area contributed by atoms with Gasteiger partial charge in [0.25, 0.3) is 0 Å². The lowest BCUT2D eigenvalue weighted by Gasteiger charge is -2.16. The van der Waals surface area contributed by atoms with Crippen LogP contribution in [0.25, 0.3) is 21.9 Å². The number of hydrogen-bond acceptors (Lipinski definition) is 6. The number of benzene rings is 4. The molecule has 0 amide bonds. The predicted molar refractivity (Wildman–Crippen MR) is 146 cm³/mol. The molecule has 0 saturated heterocycles. The van der Waals surface area contributed by atoms with E-state index in [-0.39, 0.29) is 17.1 Å². The van der Waals surface area contributed by atoms with Gasteiger partial charge in [-0.3, -0.25) is 10.1 Å². The van der Waals surface area contributed by atoms with Crippen molar-refractivity contribution >= 4 is 44.3 Å². The Balaban J connectivity index is 0.000000587. The Labute approximate surface area is 231 Å². The molecule has 4 aromatic rings. The van der Waals surface area contributed by atoms with E-state index in [1.807, 2.05) is 24.3 Å². The molecule has 0 aliphatic rings. The second-order valence-corrected chi connectivity index (χ2v) is 10.2. The summed E-state index contributed by atoms with van der Waals surface area (Å²) in [6.07, 6.45) is -4.05. The van der Waals surface area contributed by atoms with Crippen LogP contribution in [0.1, 0.15) is 15.9 Å². The second kappa shape index (κ2) is 12.0. The van der Waals surface area contributed by atoms with Crippen LogP contribution in [0.4, 0.5) is 18.9 Å². The van der Waals surface area contributed by atoms with Crippen LogP contribution in [0.5, 0.6) is 11.5 Å². The van der Waals surface area contributed by atoms with E-state index in [1.165, 1.54) is 6.07 Å². The molecule has 0 aliphatic heterocycles. The zero-order valence-electron chi connectivity index (χ0n) is 21.1. The quantitative estimate of drug-likeness (QED) is 0.142. The minimum atomic E-state index is -5.08. The molecule has 6 N–H and O–H groups in total. The van der Waals surface area contributed by atoms with E-state index in [0.717, 1.165) is 17.0 Å². The molecule has 0 bridgehead atoms. The summed E-state index contributed by atoms with van der Waals surface area (Å²) < 4.78 is 63.7. The smallest absolute Gasteiger partial charge is 0.478 e. The van der Waals surface area contributed by atoms with Gasteiger partial charge in [-0.15, -0.1) is 0 Å². The van der Waals surface area contributed by atoms with Gasteiger partial charge in [0.15, 0.2) is 0 Å². The largest absolute Gasteiger partial charge is 0.490 e. The van der Waals surface area contributed by atoms with Crippen molar-refractivity contribution in [3.63, 3.8) is 0 Å². The number of carboxylic acid groups (broad SMARTS) is 2. The number of hydrogen-bond donors (Lipinski definition) is 5. The summed E-state index contributed by atoms with van der Waals surface area (Å²) in [4.78, 5) is 20.7. The molecule has 0 aliphatic carbocycles. The highest BCUT2D eigenvalue weighted by Crippen LogP contribution is 2.38. The molecule has 0 spiro atoms. The fourth-order valence-corrected chi connectivity index (χ4v) is 4.15. The zero-order valence-corrected chi connectivity index (χ0v) is 21.9. The second-order valence-electron chi connectivity index (χ2n) is 8.48. The minimum absolute atomic E-state index is 0.0215. The first kappa shape index (κ1) is 30.4. The number of nitrogens with two attached hydrogens (primary N) is 1. The number of nitrogens with one attached hydrogen (secondary N) is 2. The Bertz CT molecular complexity index is 1760. The molecule has 0 heterocycles. The van der Waals surface area contributed by atoms with Gasteiger partial charge in [-0.05, 0) is 58.8 Å². The number of carbonyl (C=O) groups is 2. The molecule has 0 aromatic heterocycles. The fraction of sp³-hybridized carbons (Fsp3) is 0.0741. The predicted octanol–water partition coefficient (Wildman–Crippen LogP) is 5.29. The summed E-state index contributed by atoms with van der Waals surface area (Å²) >= 11 is 0. The van der Waals surface area contributed by atoms with Crippen molar-refractivity contribution in [1.82, 2.24) is 0 Å². The van der Waals surface area contributed by atoms with Gasteiger partial charge in [-0.1, -0.05) is 36.4 Å². The molecule has 10 nitrogen and oxygen atoms in total. The molecule has 4 rings (SSSR count). The Morgan fingerprint density at radius 2 is 1.51 bits per heavy atom. The van der Waals surface area contributed by atoms with Crippen molar-refractivity contribution in [2.24, 2.45) is 5.73 Å². The minimum Gasteiger partial charge on any atom is -0.478 e. The normalized spacial score (nSPS) is 11.2. The van der Waals surface area contributed by atoms with Gasteiger partial charge in [0.1, 0.15) is 17.3 Å². The molecule has 0 saturated carbocycles. The first-order valence-corrected chi connectivity index (χ1v) is 13.2. The van der Waals surface area contributed by atoms with Gasteiger partial charge in [-0.25, -0.2) is 18.0 Å². The van der Waals surface area contributed by atoms with Crippen LogP contribution >= 0.6 is 0 Å². The summed E-state index contributed by atoms with van der Waals surface area (Å²) in [6, 6.07) is 21.9. The number of ether oxygens (including phenoxy) is 1. The molecule has 214 valence electrons. The monoisotopic (exact) mass is 589 g/mol. The lowest BCUT2D eigenvalue weighted by Crippen LogP contribution is -2.21. The van der Waals surface area contributed by atoms with Crippen LogP contribution in [0, 0.1) is 5.41 Å². The molecular weight excluding hydrogens is 567 g/mol. The van der Waals surface area contributed by atoms with Gasteiger partial charge in [0.2, 0.25) is 10.0 Å². The van der Waals surface area contributed by atoms with E-state index in [0.29, 0.717) is 28.2 Å². The van der Waals surface area contributed by atoms with Gasteiger partial charge in [0, 0.05) is 16.8 Å². The SMILES string of the molecule is CS(=O)(=O)Nc1ccc(Oc2ccc3cc(C(=N)N)ccc3c2)c(-c2ccccc2C(=O)O)c1.O=C(O)C(F)(F)F. The number of fused-ring (bicyclic) bond motifs is 1. The van der Waals surface area contributed by atoms with E-state index in [4.69, 9.17) is 25.8 Å². The topological polar surface area (TPSA) is 180 Å². The number of anilines is 1. The van der Waals surface area contributed by atoms with Gasteiger partial charge in [0.05, 0.1) is 11.8 Å². The van der Waals surface area contributed by atoms with E-state index >= 15 is 0 Å². The lowest BCUT2D eigenvalue weighted by atomic mass is 9.98. The van der Waals surface area contributed by atoms with Crippen LogP contribution in [0.3, 0.4) is 0 Å². The van der Waals surface area contributed by atoms with Gasteiger partial charge >= 0.3 is 18.1 Å². The Hall–Kier alpha value is -5.11. The molecular formula is C27H22F3N3O7S. The number of nitrogen functional groups attached to an aromatic ring is 1. The van der Waals surface area contributed by atoms with Crippen molar-refractivity contribution in [2.45, 2.75) is 6.18 Å². The number of aliphatic carboxylic acids is 1. The number of aromatic carboxylic acids is 1. The molecule has 14 heteroatoms. The zero-order chi connectivity index (χ0) is 30.5. The highest BCUT2D eigenvalue weighted by atomic mass is 32.2. The summed E-state index contributed by atoms with van der Waals surface area (Å²) in [6.45, 7) is 0. The third kappa shape index (κ3) is 8.19. The molecule has 0 unspecified atom stereocenters. The van der Waals surface area contributed by atoms with Crippen molar-refractivity contribution < 1.29 is 46.1 Å². The van der Waals surface area contributed by atoms with Gasteiger partial charge < -0.3 is 20.7 Å². The average molecular weight is 590 g/mol. The maximum Gasteiger partial charge on any atom is 0.490 e. The molecule has 41 heavy (non-hydrogen) atoms. The number of sulfonamides is 1.